The molecule has 0 aliphatic heterocycles. The molecule has 0 aromatic carbocycles. The van der Waals surface area contributed by atoms with Gasteiger partial charge in [-0.25, -0.2) is 9.97 Å². The van der Waals surface area contributed by atoms with Crippen LogP contribution >= 0.6 is 0 Å². The van der Waals surface area contributed by atoms with E-state index < -0.39 is 43.3 Å². The highest BCUT2D eigenvalue weighted by Crippen LogP contribution is 2.39. The Hall–Kier alpha value is -2.50. The van der Waals surface area contributed by atoms with E-state index in [9.17, 15) is 5.26 Å². The molecular formula is C22H32N6O2. The van der Waals surface area contributed by atoms with Crippen molar-refractivity contribution in [1.29, 1.82) is 5.26 Å². The number of nitriles is 1. The smallest absolute Gasteiger partial charge is 0.161 e. The molecule has 0 bridgehead atoms. The number of ether oxygens (including phenoxy) is 2. The SMILES string of the molecule is [2H]C1([2H])C([C@@H](CC#N)n2cc(-c3ncnc(N)c3CC(OCC)OCC)cn2)C([2H])([2H])C([2H])(C)C1([2H])[2H]. The van der Waals surface area contributed by atoms with Gasteiger partial charge in [-0.1, -0.05) is 13.3 Å². The van der Waals surface area contributed by atoms with Crippen LogP contribution in [0.15, 0.2) is 18.7 Å². The van der Waals surface area contributed by atoms with Gasteiger partial charge in [0.2, 0.25) is 0 Å². The van der Waals surface area contributed by atoms with Gasteiger partial charge < -0.3 is 15.2 Å². The van der Waals surface area contributed by atoms with Crippen LogP contribution in [-0.4, -0.2) is 39.3 Å². The van der Waals surface area contributed by atoms with Crippen LogP contribution in [0.4, 0.5) is 5.82 Å². The van der Waals surface area contributed by atoms with Crippen molar-refractivity contribution in [2.24, 2.45) is 11.8 Å². The third kappa shape index (κ3) is 5.15. The normalized spacial score (nSPS) is 30.8. The fraction of sp³-hybridized carbons (Fsp3) is 0.636. The molecule has 2 N–H and O–H groups in total. The van der Waals surface area contributed by atoms with E-state index in [-0.39, 0.29) is 18.7 Å². The average molecular weight is 420 g/mol. The summed E-state index contributed by atoms with van der Waals surface area (Å²) in [6, 6.07) is 0.740. The fourth-order valence-electron chi connectivity index (χ4n) is 3.36. The van der Waals surface area contributed by atoms with Crippen molar-refractivity contribution in [3.63, 3.8) is 0 Å². The van der Waals surface area contributed by atoms with Crippen molar-refractivity contribution < 1.29 is 19.1 Å². The van der Waals surface area contributed by atoms with Gasteiger partial charge >= 0.3 is 0 Å². The van der Waals surface area contributed by atoms with E-state index in [1.54, 1.807) is 0 Å². The topological polar surface area (TPSA) is 112 Å². The molecule has 1 aliphatic carbocycles. The van der Waals surface area contributed by atoms with E-state index in [1.165, 1.54) is 23.4 Å². The van der Waals surface area contributed by atoms with Crippen LogP contribution in [0.2, 0.25) is 0 Å². The molecule has 30 heavy (non-hydrogen) atoms. The van der Waals surface area contributed by atoms with Crippen molar-refractivity contribution in [2.45, 2.75) is 65.1 Å². The van der Waals surface area contributed by atoms with Gasteiger partial charge in [0, 0.05) is 46.6 Å². The predicted molar refractivity (Wildman–Crippen MR) is 114 cm³/mol. The number of nitrogens with two attached hydrogens (primary N) is 1. The summed E-state index contributed by atoms with van der Waals surface area (Å²) >= 11 is 0. The second-order valence-electron chi connectivity index (χ2n) is 6.79. The third-order valence-corrected chi connectivity index (χ3v) is 4.74. The number of anilines is 1. The van der Waals surface area contributed by atoms with Crippen LogP contribution in [-0.2, 0) is 15.9 Å². The lowest BCUT2D eigenvalue weighted by atomic mass is 9.95. The van der Waals surface area contributed by atoms with Gasteiger partial charge in [-0.3, -0.25) is 4.68 Å². The summed E-state index contributed by atoms with van der Waals surface area (Å²) in [5, 5.41) is 13.8. The van der Waals surface area contributed by atoms with E-state index in [2.05, 4.69) is 15.1 Å². The minimum Gasteiger partial charge on any atom is -0.383 e. The molecule has 0 spiro atoms. The van der Waals surface area contributed by atoms with E-state index in [1.807, 2.05) is 19.9 Å². The van der Waals surface area contributed by atoms with Gasteiger partial charge in [0.05, 0.1) is 30.4 Å². The first-order chi connectivity index (χ1) is 17.2. The lowest BCUT2D eigenvalue weighted by Crippen LogP contribution is -2.21. The van der Waals surface area contributed by atoms with E-state index in [0.717, 1.165) is 6.92 Å². The first-order valence-corrected chi connectivity index (χ1v) is 9.93. The molecule has 1 aliphatic rings. The third-order valence-electron chi connectivity index (χ3n) is 4.74. The Bertz CT molecular complexity index is 1120. The fourth-order valence-corrected chi connectivity index (χ4v) is 3.36. The van der Waals surface area contributed by atoms with E-state index in [0.29, 0.717) is 30.0 Å². The number of hydrogen-bond acceptors (Lipinski definition) is 7. The molecule has 8 nitrogen and oxygen atoms in total. The molecule has 3 atom stereocenters. The van der Waals surface area contributed by atoms with E-state index in [4.69, 9.17) is 24.8 Å². The molecule has 162 valence electrons. The maximum Gasteiger partial charge on any atom is 0.161 e. The molecule has 1 fully saturated rings. The van der Waals surface area contributed by atoms with Crippen molar-refractivity contribution in [3.8, 4) is 17.3 Å². The Morgan fingerprint density at radius 2 is 2.13 bits per heavy atom. The molecule has 8 heteroatoms. The van der Waals surface area contributed by atoms with Crippen LogP contribution in [0.1, 0.15) is 67.5 Å². The molecule has 3 rings (SSSR count). The van der Waals surface area contributed by atoms with Gasteiger partial charge in [-0.05, 0) is 38.4 Å². The van der Waals surface area contributed by atoms with Gasteiger partial charge in [-0.15, -0.1) is 0 Å². The summed E-state index contributed by atoms with van der Waals surface area (Å²) in [5.41, 5.74) is 7.55. The van der Waals surface area contributed by atoms with Crippen LogP contribution in [0.25, 0.3) is 11.3 Å². The number of nitrogens with zero attached hydrogens (tertiary/aromatic N) is 5. The molecule has 2 aromatic rings. The Balaban J connectivity index is 2.07. The summed E-state index contributed by atoms with van der Waals surface area (Å²) in [5.74, 6) is -3.89. The Kier molecular flexibility index (Phi) is 5.08. The van der Waals surface area contributed by atoms with E-state index >= 15 is 0 Å². The zero-order valence-corrected chi connectivity index (χ0v) is 17.4. The largest absolute Gasteiger partial charge is 0.383 e. The molecule has 1 saturated carbocycles. The summed E-state index contributed by atoms with van der Waals surface area (Å²) in [6.45, 7) is 5.54. The zero-order chi connectivity index (χ0) is 27.8. The molecule has 2 heterocycles. The van der Waals surface area contributed by atoms with Gasteiger partial charge in [0.25, 0.3) is 0 Å². The summed E-state index contributed by atoms with van der Waals surface area (Å²) in [4.78, 5) is 8.41. The average Bonchev–Trinajstić information content (AvgIpc) is 3.31. The maximum atomic E-state index is 9.52. The van der Waals surface area contributed by atoms with Crippen molar-refractivity contribution >= 4 is 5.82 Å². The van der Waals surface area contributed by atoms with Crippen molar-refractivity contribution in [3.05, 3.63) is 24.3 Å². The van der Waals surface area contributed by atoms with Gasteiger partial charge in [0.1, 0.15) is 12.1 Å². The number of aromatic nitrogens is 4. The monoisotopic (exact) mass is 419 g/mol. The van der Waals surface area contributed by atoms with Crippen LogP contribution in [0, 0.1) is 23.1 Å². The van der Waals surface area contributed by atoms with Crippen LogP contribution in [0.3, 0.4) is 0 Å². The predicted octanol–water partition coefficient (Wildman–Crippen LogP) is 3.75. The molecule has 2 aromatic heterocycles. The Morgan fingerprint density at radius 3 is 2.77 bits per heavy atom. The molecule has 0 saturated heterocycles. The Labute approximate surface area is 188 Å². The number of hydrogen-bond donors (Lipinski definition) is 1. The van der Waals surface area contributed by atoms with Gasteiger partial charge in [-0.2, -0.15) is 10.4 Å². The van der Waals surface area contributed by atoms with Crippen molar-refractivity contribution in [2.75, 3.05) is 18.9 Å². The second-order valence-corrected chi connectivity index (χ2v) is 6.79. The molecule has 2 unspecified atom stereocenters. The summed E-state index contributed by atoms with van der Waals surface area (Å²) in [6.07, 6.45) is -4.74. The second kappa shape index (κ2) is 10.5. The molecule has 0 radical (unpaired) electrons. The lowest BCUT2D eigenvalue weighted by Gasteiger charge is -2.21. The molecule has 0 amide bonds. The lowest BCUT2D eigenvalue weighted by molar-refractivity contribution is -0.134. The number of nitrogen functional groups attached to an aromatic ring is 1. The minimum absolute atomic E-state index is 0.206. The Morgan fingerprint density at radius 1 is 1.37 bits per heavy atom. The maximum absolute atomic E-state index is 9.52. The highest BCUT2D eigenvalue weighted by molar-refractivity contribution is 5.66. The standard InChI is InChI=1S/C22H32N6O2/c1-4-29-20(30-5-2)11-18-21(25-14-26-22(18)24)17-12-27-28(13-17)19(8-9-23)16-7-6-15(3)10-16/h12-16,19-20H,4-8,10-11H2,1-3H3,(H2,24,25,26)/t15?,16?,19-/m1/s1/i6D2,7D2,10D2,15D. The highest BCUT2D eigenvalue weighted by atomic mass is 16.7. The van der Waals surface area contributed by atoms with Crippen LogP contribution < -0.4 is 5.73 Å². The first kappa shape index (κ1) is 14.5. The first-order valence-electron chi connectivity index (χ1n) is 13.4. The highest BCUT2D eigenvalue weighted by Gasteiger charge is 2.30. The van der Waals surface area contributed by atoms with Crippen LogP contribution in [0.5, 0.6) is 0 Å². The molecular weight excluding hydrogens is 380 g/mol. The zero-order valence-electron chi connectivity index (χ0n) is 24.4. The van der Waals surface area contributed by atoms with Crippen molar-refractivity contribution in [1.82, 2.24) is 19.7 Å². The minimum atomic E-state index is -2.83. The summed E-state index contributed by atoms with van der Waals surface area (Å²) < 4.78 is 71.7. The van der Waals surface area contributed by atoms with Gasteiger partial charge in [0.15, 0.2) is 6.29 Å². The number of rotatable bonds is 10. The quantitative estimate of drug-likeness (QED) is 0.584. The summed E-state index contributed by atoms with van der Waals surface area (Å²) in [7, 11) is 0.